The number of carboxylic acids is 1. The number of hydrogen-bond donors (Lipinski definition) is 1. The summed E-state index contributed by atoms with van der Waals surface area (Å²) in [4.78, 5) is 18.9. The molecule has 6 heteroatoms. The zero-order valence-electron chi connectivity index (χ0n) is 16.7. The number of benzene rings is 2. The van der Waals surface area contributed by atoms with Crippen LogP contribution in [0.4, 0.5) is 0 Å². The minimum atomic E-state index is -0.853. The number of carboxylic acid groups (broad SMARTS) is 1. The van der Waals surface area contributed by atoms with Crippen molar-refractivity contribution in [1.29, 1.82) is 0 Å². The third kappa shape index (κ3) is 5.46. The molecule has 1 aliphatic heterocycles. The summed E-state index contributed by atoms with van der Waals surface area (Å²) in [7, 11) is 0. The molecule has 29 heavy (non-hydrogen) atoms. The van der Waals surface area contributed by atoms with Crippen LogP contribution in [0.15, 0.2) is 59.3 Å². The van der Waals surface area contributed by atoms with Gasteiger partial charge in [-0.05, 0) is 43.5 Å². The molecule has 0 atom stereocenters. The van der Waals surface area contributed by atoms with Gasteiger partial charge >= 0.3 is 5.97 Å². The number of hydrogen-bond acceptors (Lipinski definition) is 4. The number of oxime groups is 1. The van der Waals surface area contributed by atoms with Crippen molar-refractivity contribution >= 4 is 23.3 Å². The molecule has 1 aliphatic rings. The highest BCUT2D eigenvalue weighted by Gasteiger charge is 2.17. The predicted octanol–water partition coefficient (Wildman–Crippen LogP) is 4.44. The molecule has 3 rings (SSSR count). The summed E-state index contributed by atoms with van der Waals surface area (Å²) in [6.07, 6.45) is 2.53. The Morgan fingerprint density at radius 1 is 1.17 bits per heavy atom. The maximum Gasteiger partial charge on any atom is 0.332 e. The van der Waals surface area contributed by atoms with E-state index in [0.29, 0.717) is 30.3 Å². The summed E-state index contributed by atoms with van der Waals surface area (Å²) >= 11 is 6.12. The topological polar surface area (TPSA) is 62.1 Å². The van der Waals surface area contributed by atoms with Crippen LogP contribution in [0.2, 0.25) is 5.02 Å². The molecule has 0 amide bonds. The van der Waals surface area contributed by atoms with Crippen molar-refractivity contribution in [2.75, 3.05) is 26.2 Å². The van der Waals surface area contributed by atoms with Crippen molar-refractivity contribution in [3.8, 4) is 0 Å². The van der Waals surface area contributed by atoms with E-state index in [2.05, 4.69) is 10.1 Å². The van der Waals surface area contributed by atoms with Crippen LogP contribution in [0.1, 0.15) is 28.7 Å². The average Bonchev–Trinajstić information content (AvgIpc) is 2.70. The Morgan fingerprint density at radius 2 is 1.93 bits per heavy atom. The molecule has 1 N–H and O–H groups in total. The van der Waals surface area contributed by atoms with Crippen LogP contribution in [-0.4, -0.2) is 47.9 Å². The summed E-state index contributed by atoms with van der Waals surface area (Å²) in [5, 5.41) is 14.3. The number of aliphatic carboxylic acids is 1. The van der Waals surface area contributed by atoms with Gasteiger partial charge in [-0.25, -0.2) is 4.79 Å². The molecule has 1 heterocycles. The van der Waals surface area contributed by atoms with Crippen molar-refractivity contribution in [2.24, 2.45) is 5.16 Å². The third-order valence-electron chi connectivity index (χ3n) is 5.00. The molecular weight excluding hydrogens is 388 g/mol. The fourth-order valence-corrected chi connectivity index (χ4v) is 3.63. The van der Waals surface area contributed by atoms with Gasteiger partial charge in [0.1, 0.15) is 12.3 Å². The van der Waals surface area contributed by atoms with E-state index in [-0.39, 0.29) is 0 Å². The first-order valence-electron chi connectivity index (χ1n) is 9.63. The highest BCUT2D eigenvalue weighted by molar-refractivity contribution is 6.31. The molecule has 0 bridgehead atoms. The van der Waals surface area contributed by atoms with Crippen LogP contribution in [0.3, 0.4) is 0 Å². The van der Waals surface area contributed by atoms with E-state index < -0.39 is 5.97 Å². The predicted molar refractivity (Wildman–Crippen MR) is 116 cm³/mol. The molecule has 2 aromatic carbocycles. The Hall–Kier alpha value is -2.63. The lowest BCUT2D eigenvalue weighted by atomic mass is 9.95. The summed E-state index contributed by atoms with van der Waals surface area (Å²) in [6, 6.07) is 13.8. The van der Waals surface area contributed by atoms with Gasteiger partial charge in [-0.2, -0.15) is 0 Å². The molecule has 0 unspecified atom stereocenters. The number of halogens is 1. The molecular formula is C23H25ClN2O3. The Kier molecular flexibility index (Phi) is 7.07. The molecule has 0 spiro atoms. The van der Waals surface area contributed by atoms with E-state index >= 15 is 0 Å². The van der Waals surface area contributed by atoms with Crippen molar-refractivity contribution in [3.05, 3.63) is 81.4 Å². The highest BCUT2D eigenvalue weighted by Crippen LogP contribution is 2.21. The first kappa shape index (κ1) is 21.1. The van der Waals surface area contributed by atoms with Gasteiger partial charge in [-0.3, -0.25) is 4.90 Å². The second kappa shape index (κ2) is 9.72. The summed E-state index contributed by atoms with van der Waals surface area (Å²) in [5.41, 5.74) is 5.32. The highest BCUT2D eigenvalue weighted by atomic mass is 35.5. The van der Waals surface area contributed by atoms with Crippen LogP contribution < -0.4 is 0 Å². The standard InChI is InChI=1S/C23H25ClN2O3/c1-16-6-3-4-8-20(16)22(21-10-9-19(24)14-17(21)2)25-29-13-12-26-11-5-7-18(15-26)23(27)28/h3-4,6-10,14H,5,11-13,15H2,1-2H3,(H,27,28). The number of carbonyl (C=O) groups is 1. The molecule has 5 nitrogen and oxygen atoms in total. The van der Waals surface area contributed by atoms with Gasteiger partial charge in [0.2, 0.25) is 0 Å². The van der Waals surface area contributed by atoms with E-state index in [9.17, 15) is 4.79 Å². The fourth-order valence-electron chi connectivity index (χ4n) is 3.41. The number of rotatable bonds is 7. The van der Waals surface area contributed by atoms with Crippen LogP contribution in [0.5, 0.6) is 0 Å². The van der Waals surface area contributed by atoms with Crippen LogP contribution in [0.25, 0.3) is 0 Å². The minimum Gasteiger partial charge on any atom is -0.478 e. The van der Waals surface area contributed by atoms with Gasteiger partial charge in [0.05, 0.1) is 0 Å². The molecule has 0 saturated carbocycles. The van der Waals surface area contributed by atoms with Crippen molar-refractivity contribution in [3.63, 3.8) is 0 Å². The lowest BCUT2D eigenvalue weighted by Gasteiger charge is -2.25. The Balaban J connectivity index is 1.75. The maximum absolute atomic E-state index is 11.2. The minimum absolute atomic E-state index is 0.384. The van der Waals surface area contributed by atoms with E-state index in [1.54, 1.807) is 6.08 Å². The van der Waals surface area contributed by atoms with E-state index in [1.165, 1.54) is 0 Å². The SMILES string of the molecule is Cc1ccccc1C(=NOCCN1CCC=C(C(=O)O)C1)c1ccc(Cl)cc1C. The van der Waals surface area contributed by atoms with Gasteiger partial charge in [0.15, 0.2) is 0 Å². The molecule has 0 fully saturated rings. The zero-order chi connectivity index (χ0) is 20.8. The zero-order valence-corrected chi connectivity index (χ0v) is 17.4. The average molecular weight is 413 g/mol. The second-order valence-corrected chi connectivity index (χ2v) is 7.58. The van der Waals surface area contributed by atoms with Crippen molar-refractivity contribution in [1.82, 2.24) is 4.90 Å². The van der Waals surface area contributed by atoms with E-state index in [4.69, 9.17) is 21.5 Å². The Morgan fingerprint density at radius 3 is 2.66 bits per heavy atom. The number of nitrogens with zero attached hydrogens (tertiary/aromatic N) is 2. The largest absolute Gasteiger partial charge is 0.478 e. The first-order chi connectivity index (χ1) is 14.0. The van der Waals surface area contributed by atoms with E-state index in [1.807, 2.05) is 56.3 Å². The van der Waals surface area contributed by atoms with Gasteiger partial charge < -0.3 is 9.94 Å². The van der Waals surface area contributed by atoms with Crippen molar-refractivity contribution < 1.29 is 14.7 Å². The van der Waals surface area contributed by atoms with Gasteiger partial charge in [0, 0.05) is 41.4 Å². The molecule has 2 aromatic rings. The Labute approximate surface area is 176 Å². The molecule has 0 aromatic heterocycles. The van der Waals surface area contributed by atoms with Gasteiger partial charge in [-0.15, -0.1) is 0 Å². The fraction of sp³-hybridized carbons (Fsp3) is 0.304. The van der Waals surface area contributed by atoms with Crippen molar-refractivity contribution in [2.45, 2.75) is 20.3 Å². The molecule has 152 valence electrons. The second-order valence-electron chi connectivity index (χ2n) is 7.15. The monoisotopic (exact) mass is 412 g/mol. The van der Waals surface area contributed by atoms with Crippen LogP contribution >= 0.6 is 11.6 Å². The first-order valence-corrected chi connectivity index (χ1v) is 10.0. The molecule has 0 saturated heterocycles. The maximum atomic E-state index is 11.2. The van der Waals surface area contributed by atoms with Gasteiger partial charge in [0.25, 0.3) is 0 Å². The lowest BCUT2D eigenvalue weighted by molar-refractivity contribution is -0.133. The number of aryl methyl sites for hydroxylation is 2. The normalized spacial score (nSPS) is 15.1. The third-order valence-corrected chi connectivity index (χ3v) is 5.24. The van der Waals surface area contributed by atoms with Gasteiger partial charge in [-0.1, -0.05) is 53.2 Å². The lowest BCUT2D eigenvalue weighted by Crippen LogP contribution is -2.34. The molecule has 0 radical (unpaired) electrons. The smallest absolute Gasteiger partial charge is 0.332 e. The quantitative estimate of drug-likeness (QED) is 0.415. The summed E-state index contributed by atoms with van der Waals surface area (Å²) in [6.45, 7) is 6.31. The molecule has 0 aliphatic carbocycles. The summed E-state index contributed by atoms with van der Waals surface area (Å²) in [5.74, 6) is -0.853. The van der Waals surface area contributed by atoms with Crippen LogP contribution in [0, 0.1) is 13.8 Å². The Bertz CT molecular complexity index is 953. The van der Waals surface area contributed by atoms with Crippen LogP contribution in [-0.2, 0) is 9.63 Å². The summed E-state index contributed by atoms with van der Waals surface area (Å²) < 4.78 is 0. The van der Waals surface area contributed by atoms with E-state index in [0.717, 1.165) is 40.9 Å².